The van der Waals surface area contributed by atoms with E-state index in [4.69, 9.17) is 55.9 Å². The van der Waals surface area contributed by atoms with E-state index in [0.29, 0.717) is 15.8 Å². The molecule has 0 unspecified atom stereocenters. The minimum atomic E-state index is -0.852. The van der Waals surface area contributed by atoms with Crippen LogP contribution in [0.15, 0.2) is 42.5 Å². The van der Waals surface area contributed by atoms with Crippen molar-refractivity contribution in [3.63, 3.8) is 0 Å². The third-order valence-corrected chi connectivity index (χ3v) is 4.07. The largest absolute Gasteiger partial charge is 0.423 e. The molecule has 0 aliphatic carbocycles. The summed E-state index contributed by atoms with van der Waals surface area (Å²) in [7, 11) is 0. The van der Waals surface area contributed by atoms with Crippen LogP contribution in [0.5, 0.6) is 11.5 Å². The average molecular weight is 420 g/mol. The van der Waals surface area contributed by atoms with E-state index in [1.807, 2.05) is 0 Å². The summed E-state index contributed by atoms with van der Waals surface area (Å²) in [6, 6.07) is 7.48. The third-order valence-electron chi connectivity index (χ3n) is 2.87. The maximum Gasteiger partial charge on any atom is 0.336 e. The van der Waals surface area contributed by atoms with Gasteiger partial charge < -0.3 is 9.47 Å². The molecule has 0 atom stereocenters. The van der Waals surface area contributed by atoms with Gasteiger partial charge in [-0.1, -0.05) is 46.4 Å². The molecule has 0 saturated carbocycles. The Morgan fingerprint density at radius 1 is 0.840 bits per heavy atom. The highest BCUT2D eigenvalue weighted by molar-refractivity contribution is 6.40. The van der Waals surface area contributed by atoms with Crippen molar-refractivity contribution in [2.45, 2.75) is 6.92 Å². The Hall–Kier alpha value is -1.72. The first-order chi connectivity index (χ1) is 11.8. The fourth-order valence-corrected chi connectivity index (χ4v) is 2.74. The van der Waals surface area contributed by atoms with Crippen LogP contribution in [0, 0.1) is 6.92 Å². The Morgan fingerprint density at radius 2 is 1.40 bits per heavy atom. The number of hydrogen-bond donors (Lipinski definition) is 0. The third kappa shape index (κ3) is 5.65. The van der Waals surface area contributed by atoms with Gasteiger partial charge in [-0.05, 0) is 42.8 Å². The number of carbonyl (C=O) groups is 2. The molecule has 0 saturated heterocycles. The maximum absolute atomic E-state index is 11.8. The average Bonchev–Trinajstić information content (AvgIpc) is 2.52. The van der Waals surface area contributed by atoms with Crippen LogP contribution in [0.3, 0.4) is 0 Å². The zero-order chi connectivity index (χ0) is 18.6. The highest BCUT2D eigenvalue weighted by Gasteiger charge is 2.12. The highest BCUT2D eigenvalue weighted by Crippen LogP contribution is 2.35. The van der Waals surface area contributed by atoms with Crippen molar-refractivity contribution in [3.05, 3.63) is 68.1 Å². The van der Waals surface area contributed by atoms with Gasteiger partial charge in [0.05, 0.1) is 10.0 Å². The fourth-order valence-electron chi connectivity index (χ4n) is 1.73. The molecule has 130 valence electrons. The van der Waals surface area contributed by atoms with E-state index < -0.39 is 11.9 Å². The van der Waals surface area contributed by atoms with Gasteiger partial charge in [-0.3, -0.25) is 0 Å². The molecule has 0 aromatic heterocycles. The number of hydrogen-bond acceptors (Lipinski definition) is 4. The second-order valence-electron chi connectivity index (χ2n) is 4.79. The van der Waals surface area contributed by atoms with Gasteiger partial charge >= 0.3 is 11.9 Å². The van der Waals surface area contributed by atoms with Crippen molar-refractivity contribution in [2.75, 3.05) is 0 Å². The minimum Gasteiger partial charge on any atom is -0.423 e. The molecule has 0 amide bonds. The van der Waals surface area contributed by atoms with Gasteiger partial charge in [-0.2, -0.15) is 0 Å². The van der Waals surface area contributed by atoms with Crippen LogP contribution < -0.4 is 9.47 Å². The molecule has 25 heavy (non-hydrogen) atoms. The zero-order valence-electron chi connectivity index (χ0n) is 12.7. The summed E-state index contributed by atoms with van der Waals surface area (Å²) in [6.45, 7) is 1.77. The van der Waals surface area contributed by atoms with Gasteiger partial charge in [-0.15, -0.1) is 0 Å². The number of esters is 2. The van der Waals surface area contributed by atoms with Crippen LogP contribution in [0.2, 0.25) is 20.1 Å². The molecule has 2 aromatic rings. The molecule has 0 aliphatic heterocycles. The first-order valence-electron chi connectivity index (χ1n) is 6.78. The van der Waals surface area contributed by atoms with Gasteiger partial charge in [0, 0.05) is 22.2 Å². The Labute approximate surface area is 163 Å². The van der Waals surface area contributed by atoms with Crippen molar-refractivity contribution in [1.29, 1.82) is 0 Å². The van der Waals surface area contributed by atoms with E-state index in [-0.39, 0.29) is 15.8 Å². The van der Waals surface area contributed by atoms with Gasteiger partial charge in [0.2, 0.25) is 0 Å². The fraction of sp³-hybridized carbons (Fsp3) is 0.0588. The summed E-state index contributed by atoms with van der Waals surface area (Å²) >= 11 is 23.5. The summed E-state index contributed by atoms with van der Waals surface area (Å²) < 4.78 is 10.0. The topological polar surface area (TPSA) is 52.6 Å². The van der Waals surface area contributed by atoms with Crippen molar-refractivity contribution in [3.8, 4) is 11.5 Å². The summed E-state index contributed by atoms with van der Waals surface area (Å²) in [5.41, 5.74) is 0.752. The molecule has 0 aliphatic rings. The lowest BCUT2D eigenvalue weighted by Crippen LogP contribution is -2.09. The molecule has 8 heteroatoms. The summed E-state index contributed by atoms with van der Waals surface area (Å²) in [6.07, 6.45) is 1.82. The maximum atomic E-state index is 11.8. The minimum absolute atomic E-state index is 0.0518. The molecule has 0 radical (unpaired) electrons. The highest BCUT2D eigenvalue weighted by atomic mass is 35.5. The number of rotatable bonds is 4. The molecule has 4 nitrogen and oxygen atoms in total. The summed E-state index contributed by atoms with van der Waals surface area (Å²) in [5.74, 6) is -1.36. The van der Waals surface area contributed by atoms with E-state index in [2.05, 4.69) is 0 Å². The van der Waals surface area contributed by atoms with E-state index in [9.17, 15) is 9.59 Å². The molecular formula is C17H10Cl4O4. The Bertz CT molecular complexity index is 839. The summed E-state index contributed by atoms with van der Waals surface area (Å²) in [4.78, 5) is 23.5. The monoisotopic (exact) mass is 418 g/mol. The van der Waals surface area contributed by atoms with Crippen LogP contribution in [-0.4, -0.2) is 11.9 Å². The standard InChI is InChI=1S/C17H10Cl4O4/c1-9-6-11(2-3-12(9)19)24-15(22)4-5-16(23)25-17-13(20)7-10(18)8-14(17)21/h2-8H,1H3/b5-4+. The Balaban J connectivity index is 2.00. The Kier molecular flexibility index (Phi) is 6.73. The van der Waals surface area contributed by atoms with Gasteiger partial charge in [0.25, 0.3) is 0 Å². The smallest absolute Gasteiger partial charge is 0.336 e. The van der Waals surface area contributed by atoms with E-state index >= 15 is 0 Å². The quantitative estimate of drug-likeness (QED) is 0.363. The second kappa shape index (κ2) is 8.59. The lowest BCUT2D eigenvalue weighted by molar-refractivity contribution is -0.131. The molecule has 0 N–H and O–H groups in total. The van der Waals surface area contributed by atoms with Crippen LogP contribution in [-0.2, 0) is 9.59 Å². The predicted molar refractivity (Wildman–Crippen MR) is 98.1 cm³/mol. The van der Waals surface area contributed by atoms with Crippen molar-refractivity contribution >= 4 is 58.3 Å². The first kappa shape index (κ1) is 19.6. The van der Waals surface area contributed by atoms with Gasteiger partial charge in [0.1, 0.15) is 5.75 Å². The first-order valence-corrected chi connectivity index (χ1v) is 8.30. The lowest BCUT2D eigenvalue weighted by Gasteiger charge is -2.07. The molecule has 0 bridgehead atoms. The normalized spacial score (nSPS) is 10.8. The molecule has 0 spiro atoms. The van der Waals surface area contributed by atoms with E-state index in [1.165, 1.54) is 18.2 Å². The number of aryl methyl sites for hydroxylation is 1. The molecule has 0 heterocycles. The molecule has 2 aromatic carbocycles. The van der Waals surface area contributed by atoms with Crippen LogP contribution >= 0.6 is 46.4 Å². The Morgan fingerprint density at radius 3 is 1.96 bits per heavy atom. The zero-order valence-corrected chi connectivity index (χ0v) is 15.7. The SMILES string of the molecule is Cc1cc(OC(=O)/C=C/C(=O)Oc2c(Cl)cc(Cl)cc2Cl)ccc1Cl. The number of carbonyl (C=O) groups excluding carboxylic acids is 2. The lowest BCUT2D eigenvalue weighted by atomic mass is 10.2. The molecule has 2 rings (SSSR count). The van der Waals surface area contributed by atoms with Crippen molar-refractivity contribution < 1.29 is 19.1 Å². The molecular weight excluding hydrogens is 410 g/mol. The van der Waals surface area contributed by atoms with Gasteiger partial charge in [-0.25, -0.2) is 9.59 Å². The second-order valence-corrected chi connectivity index (χ2v) is 6.44. The van der Waals surface area contributed by atoms with Crippen LogP contribution in [0.1, 0.15) is 5.56 Å². The van der Waals surface area contributed by atoms with E-state index in [0.717, 1.165) is 17.7 Å². The van der Waals surface area contributed by atoms with Crippen LogP contribution in [0.4, 0.5) is 0 Å². The number of ether oxygens (including phenoxy) is 2. The van der Waals surface area contributed by atoms with Gasteiger partial charge in [0.15, 0.2) is 5.75 Å². The van der Waals surface area contributed by atoms with Crippen molar-refractivity contribution in [2.24, 2.45) is 0 Å². The predicted octanol–water partition coefficient (Wildman–Crippen LogP) is 5.68. The van der Waals surface area contributed by atoms with Crippen LogP contribution in [0.25, 0.3) is 0 Å². The van der Waals surface area contributed by atoms with Crippen molar-refractivity contribution in [1.82, 2.24) is 0 Å². The van der Waals surface area contributed by atoms with E-state index in [1.54, 1.807) is 19.1 Å². The molecule has 0 fully saturated rings. The summed E-state index contributed by atoms with van der Waals surface area (Å²) in [5, 5.41) is 0.986. The number of halogens is 4. The number of benzene rings is 2.